The first-order chi connectivity index (χ1) is 11.4. The van der Waals surface area contributed by atoms with Crippen LogP contribution in [0.5, 0.6) is 0 Å². The van der Waals surface area contributed by atoms with Gasteiger partial charge in [-0.2, -0.15) is 0 Å². The molecule has 1 unspecified atom stereocenters. The summed E-state index contributed by atoms with van der Waals surface area (Å²) in [6.07, 6.45) is 1.98. The summed E-state index contributed by atoms with van der Waals surface area (Å²) >= 11 is 0. The zero-order valence-corrected chi connectivity index (χ0v) is 18.5. The number of guanidine groups is 1. The van der Waals surface area contributed by atoms with E-state index in [0.29, 0.717) is 6.04 Å². The maximum Gasteiger partial charge on any atom is 0.195 e. The summed E-state index contributed by atoms with van der Waals surface area (Å²) in [4.78, 5) is 9.04. The first-order valence-electron chi connectivity index (χ1n) is 8.73. The van der Waals surface area contributed by atoms with Gasteiger partial charge in [0.1, 0.15) is 0 Å². The standard InChI is InChI=1S/C19H32N4O.HI/c1-16(17-9-7-6-8-10-17)21-19(11-13-24-14-12-19)15-20-18(22(2)3)23(4)5;/h6-10,16,21H,11-15H2,1-5H3;1H. The van der Waals surface area contributed by atoms with Gasteiger partial charge in [-0.15, -0.1) is 24.0 Å². The summed E-state index contributed by atoms with van der Waals surface area (Å²) in [5.41, 5.74) is 1.30. The molecule has 1 atom stereocenters. The molecule has 0 saturated carbocycles. The fourth-order valence-corrected chi connectivity index (χ4v) is 3.30. The molecule has 0 bridgehead atoms. The summed E-state index contributed by atoms with van der Waals surface area (Å²) in [5.74, 6) is 0.995. The molecule has 1 saturated heterocycles. The Labute approximate surface area is 169 Å². The second kappa shape index (κ2) is 10.3. The highest BCUT2D eigenvalue weighted by Crippen LogP contribution is 2.26. The Bertz CT molecular complexity index is 517. The molecule has 0 amide bonds. The van der Waals surface area contributed by atoms with Gasteiger partial charge in [0.05, 0.1) is 6.54 Å². The van der Waals surface area contributed by atoms with Crippen LogP contribution in [0.25, 0.3) is 0 Å². The van der Waals surface area contributed by atoms with Gasteiger partial charge < -0.3 is 19.9 Å². The van der Waals surface area contributed by atoms with E-state index in [1.165, 1.54) is 5.56 Å². The molecule has 6 heteroatoms. The summed E-state index contributed by atoms with van der Waals surface area (Å²) in [6.45, 7) is 4.58. The fourth-order valence-electron chi connectivity index (χ4n) is 3.30. The summed E-state index contributed by atoms with van der Waals surface area (Å²) in [6, 6.07) is 10.9. The number of benzene rings is 1. The number of rotatable bonds is 5. The molecule has 1 aromatic rings. The Morgan fingerprint density at radius 3 is 2.20 bits per heavy atom. The molecule has 25 heavy (non-hydrogen) atoms. The van der Waals surface area contributed by atoms with Crippen LogP contribution in [0.3, 0.4) is 0 Å². The van der Waals surface area contributed by atoms with Crippen molar-refractivity contribution >= 4 is 29.9 Å². The Morgan fingerprint density at radius 1 is 1.12 bits per heavy atom. The molecule has 0 radical (unpaired) electrons. The highest BCUT2D eigenvalue weighted by molar-refractivity contribution is 14.0. The van der Waals surface area contributed by atoms with Crippen LogP contribution >= 0.6 is 24.0 Å². The van der Waals surface area contributed by atoms with Crippen LogP contribution in [0.15, 0.2) is 35.3 Å². The lowest BCUT2D eigenvalue weighted by Gasteiger charge is -2.40. The fraction of sp³-hybridized carbons (Fsp3) is 0.632. The highest BCUT2D eigenvalue weighted by atomic mass is 127. The van der Waals surface area contributed by atoms with Crippen molar-refractivity contribution in [3.63, 3.8) is 0 Å². The van der Waals surface area contributed by atoms with Gasteiger partial charge >= 0.3 is 0 Å². The normalized spacial score (nSPS) is 17.2. The van der Waals surface area contributed by atoms with E-state index >= 15 is 0 Å². The average Bonchev–Trinajstić information content (AvgIpc) is 2.56. The third kappa shape index (κ3) is 6.42. The largest absolute Gasteiger partial charge is 0.381 e. The van der Waals surface area contributed by atoms with Gasteiger partial charge in [-0.1, -0.05) is 30.3 Å². The van der Waals surface area contributed by atoms with Crippen molar-refractivity contribution in [2.75, 3.05) is 47.9 Å². The van der Waals surface area contributed by atoms with E-state index in [9.17, 15) is 0 Å². The van der Waals surface area contributed by atoms with E-state index in [2.05, 4.69) is 52.4 Å². The predicted molar refractivity (Wildman–Crippen MR) is 116 cm³/mol. The highest BCUT2D eigenvalue weighted by Gasteiger charge is 2.34. The molecular formula is C19H33IN4O. The average molecular weight is 460 g/mol. The summed E-state index contributed by atoms with van der Waals surface area (Å²) < 4.78 is 5.60. The van der Waals surface area contributed by atoms with Crippen molar-refractivity contribution in [3.05, 3.63) is 35.9 Å². The van der Waals surface area contributed by atoms with Gasteiger partial charge in [-0.3, -0.25) is 4.99 Å². The quantitative estimate of drug-likeness (QED) is 0.417. The van der Waals surface area contributed by atoms with Crippen molar-refractivity contribution in [1.82, 2.24) is 15.1 Å². The number of hydrogen-bond donors (Lipinski definition) is 1. The third-order valence-electron chi connectivity index (χ3n) is 4.60. The monoisotopic (exact) mass is 460 g/mol. The lowest BCUT2D eigenvalue weighted by Crippen LogP contribution is -2.53. The molecule has 1 fully saturated rings. The van der Waals surface area contributed by atoms with Gasteiger partial charge in [0.15, 0.2) is 5.96 Å². The van der Waals surface area contributed by atoms with E-state index in [1.807, 2.05) is 28.2 Å². The van der Waals surface area contributed by atoms with Crippen LogP contribution in [-0.4, -0.2) is 69.2 Å². The number of hydrogen-bond acceptors (Lipinski definition) is 3. The maximum absolute atomic E-state index is 5.60. The van der Waals surface area contributed by atoms with Crippen molar-refractivity contribution in [2.24, 2.45) is 4.99 Å². The van der Waals surface area contributed by atoms with Gasteiger partial charge in [0.25, 0.3) is 0 Å². The molecule has 1 N–H and O–H groups in total. The smallest absolute Gasteiger partial charge is 0.195 e. The molecule has 0 aliphatic carbocycles. The van der Waals surface area contributed by atoms with E-state index in [4.69, 9.17) is 9.73 Å². The molecule has 2 rings (SSSR count). The topological polar surface area (TPSA) is 40.1 Å². The first-order valence-corrected chi connectivity index (χ1v) is 8.73. The van der Waals surface area contributed by atoms with Crippen LogP contribution < -0.4 is 5.32 Å². The Balaban J connectivity index is 0.00000312. The van der Waals surface area contributed by atoms with Crippen LogP contribution in [0.1, 0.15) is 31.4 Å². The third-order valence-corrected chi connectivity index (χ3v) is 4.60. The van der Waals surface area contributed by atoms with Crippen LogP contribution in [-0.2, 0) is 4.74 Å². The minimum Gasteiger partial charge on any atom is -0.381 e. The molecule has 5 nitrogen and oxygen atoms in total. The van der Waals surface area contributed by atoms with Gasteiger partial charge in [-0.25, -0.2) is 0 Å². The lowest BCUT2D eigenvalue weighted by atomic mass is 9.88. The molecule has 1 aliphatic rings. The molecule has 1 aromatic carbocycles. The Morgan fingerprint density at radius 2 is 1.68 bits per heavy atom. The number of nitrogens with zero attached hydrogens (tertiary/aromatic N) is 3. The van der Waals surface area contributed by atoms with Gasteiger partial charge in [0.2, 0.25) is 0 Å². The number of halogens is 1. The van der Waals surface area contributed by atoms with E-state index in [0.717, 1.165) is 38.6 Å². The SMILES string of the molecule is CC(NC1(CN=C(N(C)C)N(C)C)CCOCC1)c1ccccc1.I. The number of ether oxygens (including phenoxy) is 1. The number of aliphatic imine (C=N–C) groups is 1. The van der Waals surface area contributed by atoms with Gasteiger partial charge in [-0.05, 0) is 25.3 Å². The van der Waals surface area contributed by atoms with E-state index in [1.54, 1.807) is 0 Å². The summed E-state index contributed by atoms with van der Waals surface area (Å²) in [5, 5.41) is 3.86. The van der Waals surface area contributed by atoms with Crippen molar-refractivity contribution in [1.29, 1.82) is 0 Å². The summed E-state index contributed by atoms with van der Waals surface area (Å²) in [7, 11) is 8.15. The van der Waals surface area contributed by atoms with Crippen molar-refractivity contribution in [3.8, 4) is 0 Å². The zero-order valence-electron chi connectivity index (χ0n) is 16.2. The molecular weight excluding hydrogens is 427 g/mol. The lowest BCUT2D eigenvalue weighted by molar-refractivity contribution is 0.0373. The Hall–Kier alpha value is -0.860. The predicted octanol–water partition coefficient (Wildman–Crippen LogP) is 2.98. The van der Waals surface area contributed by atoms with Crippen molar-refractivity contribution in [2.45, 2.75) is 31.3 Å². The minimum absolute atomic E-state index is 0. The van der Waals surface area contributed by atoms with E-state index in [-0.39, 0.29) is 29.5 Å². The van der Waals surface area contributed by atoms with E-state index < -0.39 is 0 Å². The van der Waals surface area contributed by atoms with Gasteiger partial charge in [0, 0.05) is 53.0 Å². The van der Waals surface area contributed by atoms with Crippen LogP contribution in [0.2, 0.25) is 0 Å². The minimum atomic E-state index is -0.00915. The van der Waals surface area contributed by atoms with Crippen molar-refractivity contribution < 1.29 is 4.74 Å². The second-order valence-electron chi connectivity index (χ2n) is 7.07. The first kappa shape index (κ1) is 22.2. The maximum atomic E-state index is 5.60. The van der Waals surface area contributed by atoms with Crippen LogP contribution in [0.4, 0.5) is 0 Å². The Kier molecular flexibility index (Phi) is 9.16. The second-order valence-corrected chi connectivity index (χ2v) is 7.07. The molecule has 0 aromatic heterocycles. The number of nitrogens with one attached hydrogen (secondary N) is 1. The van der Waals surface area contributed by atoms with Crippen LogP contribution in [0, 0.1) is 0 Å². The zero-order chi connectivity index (χ0) is 17.6. The molecule has 1 heterocycles. The molecule has 0 spiro atoms. The molecule has 1 aliphatic heterocycles. The molecule has 142 valence electrons.